The van der Waals surface area contributed by atoms with Gasteiger partial charge in [-0.1, -0.05) is 44.2 Å². The summed E-state index contributed by atoms with van der Waals surface area (Å²) in [5.41, 5.74) is 0.667. The predicted molar refractivity (Wildman–Crippen MR) is 111 cm³/mol. The molecule has 0 amide bonds. The smallest absolute Gasteiger partial charge is 0.164 e. The lowest BCUT2D eigenvalue weighted by Crippen LogP contribution is -2.60. The highest BCUT2D eigenvalue weighted by Crippen LogP contribution is 2.73. The van der Waals surface area contributed by atoms with Crippen molar-refractivity contribution in [2.45, 2.75) is 88.9 Å². The number of ether oxygens (including phenoxy) is 1. The van der Waals surface area contributed by atoms with Crippen molar-refractivity contribution in [1.29, 1.82) is 0 Å². The second-order valence-electron chi connectivity index (χ2n) is 11.4. The van der Waals surface area contributed by atoms with Crippen molar-refractivity contribution in [2.75, 3.05) is 0 Å². The lowest BCUT2D eigenvalue weighted by molar-refractivity contribution is -0.153. The lowest BCUT2D eigenvalue weighted by Gasteiger charge is -2.60. The van der Waals surface area contributed by atoms with Gasteiger partial charge in [-0.25, -0.2) is 0 Å². The quantitative estimate of drug-likeness (QED) is 0.740. The van der Waals surface area contributed by atoms with Crippen molar-refractivity contribution >= 4 is 5.78 Å². The minimum atomic E-state index is -0.596. The summed E-state index contributed by atoms with van der Waals surface area (Å²) in [6, 6.07) is 10.5. The van der Waals surface area contributed by atoms with E-state index >= 15 is 0 Å². The molecule has 3 nitrogen and oxygen atoms in total. The highest BCUT2D eigenvalue weighted by atomic mass is 16.6. The zero-order valence-corrected chi connectivity index (χ0v) is 17.8. The van der Waals surface area contributed by atoms with Crippen molar-refractivity contribution in [3.63, 3.8) is 0 Å². The predicted octanol–water partition coefficient (Wildman–Crippen LogP) is 4.70. The molecule has 6 rings (SSSR count). The van der Waals surface area contributed by atoms with Gasteiger partial charge in [0.25, 0.3) is 0 Å². The number of carbonyl (C=O) groups excluding carboxylic acids is 1. The molecule has 0 bridgehead atoms. The number of hydrogen-bond acceptors (Lipinski definition) is 3. The van der Waals surface area contributed by atoms with E-state index in [-0.39, 0.29) is 22.5 Å². The average Bonchev–Trinajstić information content (AvgIpc) is 3.40. The summed E-state index contributed by atoms with van der Waals surface area (Å²) in [6.45, 7) is 4.82. The van der Waals surface area contributed by atoms with E-state index in [2.05, 4.69) is 44.2 Å². The Balaban J connectivity index is 1.30. The van der Waals surface area contributed by atoms with Gasteiger partial charge in [-0.15, -0.1) is 0 Å². The van der Waals surface area contributed by atoms with Gasteiger partial charge in [0.1, 0.15) is 11.7 Å². The highest BCUT2D eigenvalue weighted by molar-refractivity contribution is 5.88. The summed E-state index contributed by atoms with van der Waals surface area (Å²) < 4.78 is 6.19. The second kappa shape index (κ2) is 5.73. The van der Waals surface area contributed by atoms with Crippen molar-refractivity contribution in [3.05, 3.63) is 35.9 Å². The highest BCUT2D eigenvalue weighted by Gasteiger charge is 2.77. The lowest BCUT2D eigenvalue weighted by atomic mass is 9.44. The van der Waals surface area contributed by atoms with Gasteiger partial charge in [-0.2, -0.15) is 0 Å². The molecule has 156 valence electrons. The number of Topliss-reactive ketones (excluding diaryl/α,β-unsaturated/α-hetero) is 1. The van der Waals surface area contributed by atoms with Crippen LogP contribution in [0.2, 0.25) is 0 Å². The molecule has 4 saturated carbocycles. The first-order valence-electron chi connectivity index (χ1n) is 11.8. The van der Waals surface area contributed by atoms with E-state index in [1.807, 2.05) is 0 Å². The Kier molecular flexibility index (Phi) is 3.67. The molecule has 1 aliphatic heterocycles. The maximum Gasteiger partial charge on any atom is 0.164 e. The molecule has 4 aliphatic carbocycles. The maximum atomic E-state index is 12.3. The summed E-state index contributed by atoms with van der Waals surface area (Å²) in [7, 11) is 0. The fourth-order valence-corrected chi connectivity index (χ4v) is 8.83. The minimum absolute atomic E-state index is 0.000826. The van der Waals surface area contributed by atoms with E-state index in [9.17, 15) is 9.90 Å². The first kappa shape index (κ1) is 18.6. The third-order valence-electron chi connectivity index (χ3n) is 10.6. The van der Waals surface area contributed by atoms with Crippen LogP contribution in [0, 0.1) is 28.6 Å². The van der Waals surface area contributed by atoms with Crippen LogP contribution in [0.5, 0.6) is 0 Å². The van der Waals surface area contributed by atoms with Crippen molar-refractivity contribution in [1.82, 2.24) is 0 Å². The van der Waals surface area contributed by atoms with Crippen molar-refractivity contribution < 1.29 is 14.6 Å². The molecule has 1 spiro atoms. The van der Waals surface area contributed by atoms with Gasteiger partial charge in [0.2, 0.25) is 0 Å². The van der Waals surface area contributed by atoms with Gasteiger partial charge >= 0.3 is 0 Å². The zero-order valence-electron chi connectivity index (χ0n) is 17.8. The van der Waals surface area contributed by atoms with Crippen LogP contribution in [-0.4, -0.2) is 28.2 Å². The van der Waals surface area contributed by atoms with Crippen LogP contribution in [0.3, 0.4) is 0 Å². The minimum Gasteiger partial charge on any atom is -0.389 e. The Labute approximate surface area is 174 Å². The van der Waals surface area contributed by atoms with Crippen LogP contribution in [0.25, 0.3) is 0 Å². The number of benzene rings is 1. The third kappa shape index (κ3) is 2.19. The van der Waals surface area contributed by atoms with Crippen LogP contribution >= 0.6 is 0 Å². The summed E-state index contributed by atoms with van der Waals surface area (Å²) in [5.74, 6) is 2.26. The van der Waals surface area contributed by atoms with Gasteiger partial charge in [0, 0.05) is 18.3 Å². The van der Waals surface area contributed by atoms with E-state index in [1.165, 1.54) is 18.4 Å². The molecule has 1 N–H and O–H groups in total. The standard InChI is InChI=1S/C26H34O3/c1-23-12-9-20-18(8-15-26-22(29-26)21(27)11-13-24(20,26)2)19(23)10-14-25(23,28)16-17-6-4-3-5-7-17/h3-7,18-20,22,28H,8-16H2,1-2H3/t18-,19-,20-,22+,23-,24+,25+,26+/m0/s1. The molecule has 1 saturated heterocycles. The number of epoxide rings is 1. The number of carbonyl (C=O) groups is 1. The summed E-state index contributed by atoms with van der Waals surface area (Å²) in [5, 5.41) is 11.9. The molecule has 0 unspecified atom stereocenters. The molecule has 1 aromatic carbocycles. The van der Waals surface area contributed by atoms with Gasteiger partial charge in [0.15, 0.2) is 5.78 Å². The van der Waals surface area contributed by atoms with Gasteiger partial charge in [0.05, 0.1) is 5.60 Å². The molecule has 1 heterocycles. The molecular formula is C26H34O3. The van der Waals surface area contributed by atoms with E-state index in [4.69, 9.17) is 4.74 Å². The molecule has 0 radical (unpaired) electrons. The maximum absolute atomic E-state index is 12.3. The fraction of sp³-hybridized carbons (Fsp3) is 0.731. The Morgan fingerprint density at radius 2 is 1.69 bits per heavy atom. The Morgan fingerprint density at radius 3 is 2.48 bits per heavy atom. The van der Waals surface area contributed by atoms with Gasteiger partial charge in [-0.3, -0.25) is 4.79 Å². The monoisotopic (exact) mass is 394 g/mol. The van der Waals surface area contributed by atoms with Gasteiger partial charge < -0.3 is 9.84 Å². The summed E-state index contributed by atoms with van der Waals surface area (Å²) in [6.07, 6.45) is 8.94. The topological polar surface area (TPSA) is 49.8 Å². The fourth-order valence-electron chi connectivity index (χ4n) is 8.83. The first-order valence-corrected chi connectivity index (χ1v) is 11.8. The third-order valence-corrected chi connectivity index (χ3v) is 10.6. The SMILES string of the molecule is C[C@]12CC[C@H]3[C@@H](CC[C@@]45O[C@@H]4C(=O)CC[C@]35C)[C@@H]1CC[C@@]2(O)Cc1ccccc1. The van der Waals surface area contributed by atoms with E-state index in [1.54, 1.807) is 0 Å². The van der Waals surface area contributed by atoms with E-state index < -0.39 is 5.60 Å². The van der Waals surface area contributed by atoms with Crippen molar-refractivity contribution in [3.8, 4) is 0 Å². The van der Waals surface area contributed by atoms with Crippen LogP contribution in [0.4, 0.5) is 0 Å². The van der Waals surface area contributed by atoms with Crippen LogP contribution in [0.15, 0.2) is 30.3 Å². The molecular weight excluding hydrogens is 360 g/mol. The van der Waals surface area contributed by atoms with E-state index in [0.29, 0.717) is 30.0 Å². The van der Waals surface area contributed by atoms with Crippen LogP contribution in [-0.2, 0) is 16.0 Å². The number of ketones is 1. The zero-order chi connectivity index (χ0) is 20.1. The Hall–Kier alpha value is -1.19. The number of hydrogen-bond donors (Lipinski definition) is 1. The van der Waals surface area contributed by atoms with Gasteiger partial charge in [-0.05, 0) is 73.7 Å². The molecule has 5 fully saturated rings. The Morgan fingerprint density at radius 1 is 0.966 bits per heavy atom. The molecule has 29 heavy (non-hydrogen) atoms. The molecule has 8 atom stereocenters. The Bertz CT molecular complexity index is 851. The largest absolute Gasteiger partial charge is 0.389 e. The molecule has 3 heteroatoms. The van der Waals surface area contributed by atoms with Crippen LogP contribution < -0.4 is 0 Å². The number of rotatable bonds is 2. The van der Waals surface area contributed by atoms with Crippen molar-refractivity contribution in [2.24, 2.45) is 28.6 Å². The molecule has 0 aromatic heterocycles. The molecule has 1 aromatic rings. The normalized spacial score (nSPS) is 52.9. The van der Waals surface area contributed by atoms with E-state index in [0.717, 1.165) is 38.5 Å². The molecule has 5 aliphatic rings. The summed E-state index contributed by atoms with van der Waals surface area (Å²) in [4.78, 5) is 12.3. The summed E-state index contributed by atoms with van der Waals surface area (Å²) >= 11 is 0. The number of aliphatic hydroxyl groups is 1. The first-order chi connectivity index (χ1) is 13.8. The average molecular weight is 395 g/mol. The van der Waals surface area contributed by atoms with Crippen LogP contribution in [0.1, 0.15) is 70.8 Å². The number of fused-ring (bicyclic) bond motifs is 4. The second-order valence-corrected chi connectivity index (χ2v) is 11.4.